The first kappa shape index (κ1) is 14.3. The second kappa shape index (κ2) is 6.26. The summed E-state index contributed by atoms with van der Waals surface area (Å²) in [6, 6.07) is 1.78. The maximum atomic E-state index is 13.2. The molecule has 0 spiro atoms. The zero-order chi connectivity index (χ0) is 14.4. The Morgan fingerprint density at radius 3 is 2.68 bits per heavy atom. The summed E-state index contributed by atoms with van der Waals surface area (Å²) in [5.41, 5.74) is 0.947. The van der Waals surface area contributed by atoms with E-state index < -0.39 is 35.0 Å². The number of carboxylic acids is 1. The molecule has 1 rings (SSSR count). The van der Waals surface area contributed by atoms with Crippen LogP contribution in [0.5, 0.6) is 0 Å². The van der Waals surface area contributed by atoms with E-state index in [1.165, 1.54) is 0 Å². The van der Waals surface area contributed by atoms with Crippen LogP contribution in [0.4, 0.5) is 20.6 Å². The molecule has 0 aliphatic rings. The molecule has 0 fully saturated rings. The molecule has 3 N–H and O–H groups in total. The summed E-state index contributed by atoms with van der Waals surface area (Å²) in [6.45, 7) is -0.748. The van der Waals surface area contributed by atoms with Gasteiger partial charge in [-0.2, -0.15) is 4.39 Å². The first-order valence-corrected chi connectivity index (χ1v) is 4.74. The van der Waals surface area contributed by atoms with Crippen molar-refractivity contribution in [3.63, 3.8) is 0 Å². The molecular formula is C9H8FN3O6. The van der Waals surface area contributed by atoms with Gasteiger partial charge in [-0.3, -0.25) is 15.0 Å². The van der Waals surface area contributed by atoms with E-state index >= 15 is 0 Å². The van der Waals surface area contributed by atoms with Gasteiger partial charge in [-0.1, -0.05) is 0 Å². The summed E-state index contributed by atoms with van der Waals surface area (Å²) in [4.78, 5) is 34.9. The molecule has 0 aliphatic carbocycles. The van der Waals surface area contributed by atoms with Gasteiger partial charge < -0.3 is 10.4 Å². The molecule has 10 heteroatoms. The van der Waals surface area contributed by atoms with Crippen molar-refractivity contribution in [2.24, 2.45) is 0 Å². The number of hydrogen-bond donors (Lipinski definition) is 3. The number of nitro benzene ring substituents is 1. The highest BCUT2D eigenvalue weighted by molar-refractivity contribution is 5.88. The van der Waals surface area contributed by atoms with Gasteiger partial charge in [0.05, 0.1) is 4.92 Å². The largest absolute Gasteiger partial charge is 0.479 e. The fourth-order valence-corrected chi connectivity index (χ4v) is 1.05. The molecule has 0 bridgehead atoms. The topological polar surface area (TPSA) is 131 Å². The summed E-state index contributed by atoms with van der Waals surface area (Å²) in [5, 5.41) is 20.7. The van der Waals surface area contributed by atoms with Gasteiger partial charge in [0, 0.05) is 17.8 Å². The van der Waals surface area contributed by atoms with Crippen molar-refractivity contribution in [2.45, 2.75) is 0 Å². The van der Waals surface area contributed by atoms with Gasteiger partial charge in [-0.15, -0.1) is 0 Å². The molecule has 0 radical (unpaired) electrons. The van der Waals surface area contributed by atoms with Crippen LogP contribution in [0, 0.1) is 15.9 Å². The van der Waals surface area contributed by atoms with Crippen LogP contribution in [0.25, 0.3) is 0 Å². The lowest BCUT2D eigenvalue weighted by atomic mass is 10.2. The van der Waals surface area contributed by atoms with E-state index in [-0.39, 0.29) is 5.69 Å². The van der Waals surface area contributed by atoms with E-state index in [2.05, 4.69) is 10.2 Å². The Morgan fingerprint density at radius 1 is 1.47 bits per heavy atom. The minimum atomic E-state index is -1.29. The minimum absolute atomic E-state index is 0.0560. The molecule has 1 aromatic carbocycles. The van der Waals surface area contributed by atoms with E-state index in [0.29, 0.717) is 0 Å². The molecule has 0 saturated carbocycles. The van der Waals surface area contributed by atoms with Gasteiger partial charge in [0.15, 0.2) is 6.61 Å². The molecular weight excluding hydrogens is 265 g/mol. The third-order valence-electron chi connectivity index (χ3n) is 1.76. The molecule has 102 valence electrons. The number of nitrogens with one attached hydrogen (secondary N) is 2. The quantitative estimate of drug-likeness (QED) is 0.539. The van der Waals surface area contributed by atoms with Crippen molar-refractivity contribution in [2.75, 3.05) is 11.9 Å². The molecule has 0 aliphatic heterocycles. The molecule has 0 unspecified atom stereocenters. The molecule has 2 amide bonds. The minimum Gasteiger partial charge on any atom is -0.479 e. The number of halogens is 1. The van der Waals surface area contributed by atoms with Gasteiger partial charge >= 0.3 is 17.7 Å². The zero-order valence-electron chi connectivity index (χ0n) is 9.25. The average molecular weight is 273 g/mol. The third-order valence-corrected chi connectivity index (χ3v) is 1.76. The maximum absolute atomic E-state index is 13.2. The van der Waals surface area contributed by atoms with Crippen molar-refractivity contribution < 1.29 is 28.8 Å². The SMILES string of the molecule is O=C(O)CONC(=O)Nc1ccc([N+](=O)[O-])c(F)c1. The zero-order valence-corrected chi connectivity index (χ0v) is 9.25. The fourth-order valence-electron chi connectivity index (χ4n) is 1.05. The number of carbonyl (C=O) groups excluding carboxylic acids is 1. The number of carboxylic acid groups (broad SMARTS) is 1. The molecule has 0 heterocycles. The Labute approximate surface area is 105 Å². The molecule has 1 aromatic rings. The molecule has 0 saturated heterocycles. The summed E-state index contributed by atoms with van der Waals surface area (Å²) in [7, 11) is 0. The number of benzene rings is 1. The van der Waals surface area contributed by atoms with Crippen molar-refractivity contribution in [1.82, 2.24) is 5.48 Å². The van der Waals surface area contributed by atoms with Crippen molar-refractivity contribution in [3.8, 4) is 0 Å². The number of hydrogen-bond acceptors (Lipinski definition) is 5. The van der Waals surface area contributed by atoms with Crippen LogP contribution < -0.4 is 10.8 Å². The van der Waals surface area contributed by atoms with E-state index in [1.807, 2.05) is 0 Å². The smallest absolute Gasteiger partial charge is 0.343 e. The Balaban J connectivity index is 2.58. The van der Waals surface area contributed by atoms with Gasteiger partial charge in [-0.05, 0) is 6.07 Å². The Kier molecular flexibility index (Phi) is 4.71. The lowest BCUT2D eigenvalue weighted by molar-refractivity contribution is -0.387. The number of urea groups is 1. The normalized spacial score (nSPS) is 9.74. The van der Waals surface area contributed by atoms with Crippen LogP contribution in [0.1, 0.15) is 0 Å². The standard InChI is InChI=1S/C9H8FN3O6/c10-6-3-5(1-2-7(6)13(17)18)11-9(16)12-19-4-8(14)15/h1-3H,4H2,(H,14,15)(H2,11,12,16). The Morgan fingerprint density at radius 2 is 2.16 bits per heavy atom. The third kappa shape index (κ3) is 4.55. The van der Waals surface area contributed by atoms with Crippen LogP contribution in [0.2, 0.25) is 0 Å². The lowest BCUT2D eigenvalue weighted by Gasteiger charge is -2.06. The molecule has 0 atom stereocenters. The molecule has 19 heavy (non-hydrogen) atoms. The van der Waals surface area contributed by atoms with Crippen molar-refractivity contribution in [1.29, 1.82) is 0 Å². The first-order valence-electron chi connectivity index (χ1n) is 4.74. The highest BCUT2D eigenvalue weighted by Gasteiger charge is 2.14. The number of aliphatic carboxylic acids is 1. The predicted molar refractivity (Wildman–Crippen MR) is 58.8 cm³/mol. The van der Waals surface area contributed by atoms with Crippen molar-refractivity contribution in [3.05, 3.63) is 34.1 Å². The predicted octanol–water partition coefficient (Wildman–Crippen LogP) is 0.872. The highest BCUT2D eigenvalue weighted by atomic mass is 19.1. The van der Waals surface area contributed by atoms with E-state index in [4.69, 9.17) is 5.11 Å². The van der Waals surface area contributed by atoms with E-state index in [9.17, 15) is 24.1 Å². The number of carbonyl (C=O) groups is 2. The summed E-state index contributed by atoms with van der Waals surface area (Å²) in [6.07, 6.45) is 0. The van der Waals surface area contributed by atoms with Gasteiger partial charge in [0.25, 0.3) is 0 Å². The van der Waals surface area contributed by atoms with Gasteiger partial charge in [0.1, 0.15) is 0 Å². The number of nitro groups is 1. The maximum Gasteiger partial charge on any atom is 0.343 e. The van der Waals surface area contributed by atoms with Gasteiger partial charge in [-0.25, -0.2) is 15.1 Å². The number of amides is 2. The molecule has 0 aromatic heterocycles. The molecule has 9 nitrogen and oxygen atoms in total. The van der Waals surface area contributed by atoms with E-state index in [0.717, 1.165) is 18.2 Å². The monoisotopic (exact) mass is 273 g/mol. The second-order valence-corrected chi connectivity index (χ2v) is 3.16. The first-order chi connectivity index (χ1) is 8.90. The number of rotatable bonds is 5. The van der Waals surface area contributed by atoms with Crippen LogP contribution in [0.15, 0.2) is 18.2 Å². The van der Waals surface area contributed by atoms with Crippen LogP contribution in [-0.2, 0) is 9.63 Å². The number of anilines is 1. The Bertz CT molecular complexity index is 521. The summed E-state index contributed by atoms with van der Waals surface area (Å²) >= 11 is 0. The van der Waals surface area contributed by atoms with Crippen LogP contribution >= 0.6 is 0 Å². The van der Waals surface area contributed by atoms with Crippen LogP contribution in [-0.4, -0.2) is 28.6 Å². The summed E-state index contributed by atoms with van der Waals surface area (Å²) < 4.78 is 13.2. The Hall–Kier alpha value is -2.75. The lowest BCUT2D eigenvalue weighted by Crippen LogP contribution is -2.30. The number of hydroxylamine groups is 1. The fraction of sp³-hybridized carbons (Fsp3) is 0.111. The van der Waals surface area contributed by atoms with Crippen molar-refractivity contribution >= 4 is 23.4 Å². The number of nitrogens with zero attached hydrogens (tertiary/aromatic N) is 1. The average Bonchev–Trinajstić information content (AvgIpc) is 2.27. The second-order valence-electron chi connectivity index (χ2n) is 3.16. The van der Waals surface area contributed by atoms with Crippen LogP contribution in [0.3, 0.4) is 0 Å². The highest BCUT2D eigenvalue weighted by Crippen LogP contribution is 2.20. The summed E-state index contributed by atoms with van der Waals surface area (Å²) in [5.74, 6) is -2.41. The van der Waals surface area contributed by atoms with Gasteiger partial charge in [0.2, 0.25) is 5.82 Å². The van der Waals surface area contributed by atoms with E-state index in [1.54, 1.807) is 5.48 Å².